The van der Waals surface area contributed by atoms with Crippen LogP contribution in [0.5, 0.6) is 0 Å². The number of aryl methyl sites for hydroxylation is 2. The summed E-state index contributed by atoms with van der Waals surface area (Å²) in [6.07, 6.45) is 2.07. The maximum absolute atomic E-state index is 14.6. The van der Waals surface area contributed by atoms with Crippen LogP contribution in [-0.4, -0.2) is 46.4 Å². The van der Waals surface area contributed by atoms with Crippen molar-refractivity contribution in [2.75, 3.05) is 5.32 Å². The molecule has 0 aliphatic rings. The summed E-state index contributed by atoms with van der Waals surface area (Å²) in [6.45, 7) is 18.9. The first kappa shape index (κ1) is 36.1. The van der Waals surface area contributed by atoms with Crippen LogP contribution in [0.4, 0.5) is 10.5 Å². The number of benzene rings is 2. The van der Waals surface area contributed by atoms with Crippen molar-refractivity contribution in [3.8, 4) is 0 Å². The van der Waals surface area contributed by atoms with Gasteiger partial charge in [-0.1, -0.05) is 62.9 Å². The van der Waals surface area contributed by atoms with Crippen LogP contribution in [0.3, 0.4) is 0 Å². The van der Waals surface area contributed by atoms with Gasteiger partial charge in [-0.15, -0.1) is 0 Å². The van der Waals surface area contributed by atoms with E-state index in [0.717, 1.165) is 23.1 Å². The minimum absolute atomic E-state index is 0.0568. The normalized spacial score (nSPS) is 13.4. The Morgan fingerprint density at radius 2 is 1.59 bits per heavy atom. The van der Waals surface area contributed by atoms with Crippen LogP contribution in [-0.2, 0) is 19.1 Å². The number of para-hydroxylation sites is 1. The lowest BCUT2D eigenvalue weighted by molar-refractivity contribution is -0.143. The molecule has 0 heterocycles. The number of hydrogen-bond acceptors (Lipinski definition) is 5. The van der Waals surface area contributed by atoms with Crippen molar-refractivity contribution in [1.29, 1.82) is 0 Å². The van der Waals surface area contributed by atoms with Gasteiger partial charge in [0.2, 0.25) is 11.8 Å². The molecule has 0 spiro atoms. The topological polar surface area (TPSA) is 131 Å². The molecule has 44 heavy (non-hydrogen) atoms. The number of amides is 4. The van der Waals surface area contributed by atoms with Gasteiger partial charge >= 0.3 is 6.09 Å². The van der Waals surface area contributed by atoms with Gasteiger partial charge in [-0.2, -0.15) is 0 Å². The van der Waals surface area contributed by atoms with Crippen LogP contribution in [0.1, 0.15) is 95.5 Å². The molecule has 240 valence electrons. The molecule has 2 aromatic rings. The fraction of sp³-hybridized carbons (Fsp3) is 0.486. The Hall–Kier alpha value is -4.14. The van der Waals surface area contributed by atoms with Crippen LogP contribution in [0.15, 0.2) is 49.0 Å². The third-order valence-corrected chi connectivity index (χ3v) is 7.28. The van der Waals surface area contributed by atoms with E-state index in [2.05, 4.69) is 31.1 Å². The number of anilines is 1. The lowest BCUT2D eigenvalue weighted by Gasteiger charge is -2.39. The quantitative estimate of drug-likeness (QED) is 0.228. The summed E-state index contributed by atoms with van der Waals surface area (Å²) in [4.78, 5) is 55.2. The highest BCUT2D eigenvalue weighted by atomic mass is 16.6. The first-order valence-electron chi connectivity index (χ1n) is 15.2. The standard InChI is InChI=1S/C35H50N4O5/c1-10-26-15-12-16-27(21-26)31(32(41)38-30-23(4)13-11-14-24(30)5)39(25(6)18-17-22(2)3)33(42)28(19-20-29(36)40)37-34(43)44-35(7,8)9/h10-16,21-22,25,28,31H,1,17-20H2,2-9H3,(H2,36,40)(H,37,43)(H,38,41). The molecule has 2 aromatic carbocycles. The minimum Gasteiger partial charge on any atom is -0.444 e. The van der Waals surface area contributed by atoms with E-state index in [4.69, 9.17) is 10.5 Å². The zero-order chi connectivity index (χ0) is 33.2. The molecule has 0 bridgehead atoms. The molecule has 0 aromatic heterocycles. The second-order valence-corrected chi connectivity index (χ2v) is 12.8. The smallest absolute Gasteiger partial charge is 0.408 e. The van der Waals surface area contributed by atoms with Gasteiger partial charge in [0.1, 0.15) is 17.7 Å². The van der Waals surface area contributed by atoms with E-state index in [1.54, 1.807) is 32.9 Å². The molecule has 3 unspecified atom stereocenters. The van der Waals surface area contributed by atoms with E-state index in [9.17, 15) is 19.2 Å². The Labute approximate surface area is 262 Å². The fourth-order valence-electron chi connectivity index (χ4n) is 4.98. The maximum atomic E-state index is 14.6. The van der Waals surface area contributed by atoms with Crippen LogP contribution < -0.4 is 16.4 Å². The van der Waals surface area contributed by atoms with Crippen LogP contribution in [0.2, 0.25) is 0 Å². The molecule has 2 rings (SSSR count). The lowest BCUT2D eigenvalue weighted by atomic mass is 9.95. The summed E-state index contributed by atoms with van der Waals surface area (Å²) < 4.78 is 5.45. The molecule has 0 radical (unpaired) electrons. The van der Waals surface area contributed by atoms with Gasteiger partial charge in [0, 0.05) is 18.2 Å². The number of hydrogen-bond donors (Lipinski definition) is 3. The molecule has 0 saturated heterocycles. The van der Waals surface area contributed by atoms with Crippen LogP contribution >= 0.6 is 0 Å². The first-order valence-corrected chi connectivity index (χ1v) is 15.2. The Bertz CT molecular complexity index is 1310. The Balaban J connectivity index is 2.72. The molecule has 4 N–H and O–H groups in total. The number of carbonyl (C=O) groups excluding carboxylic acids is 4. The number of nitrogens with zero attached hydrogens (tertiary/aromatic N) is 1. The van der Waals surface area contributed by atoms with Crippen molar-refractivity contribution >= 4 is 35.6 Å². The van der Waals surface area contributed by atoms with Crippen molar-refractivity contribution in [2.24, 2.45) is 11.7 Å². The number of carbonyl (C=O) groups is 4. The number of nitrogens with two attached hydrogens (primary N) is 1. The summed E-state index contributed by atoms with van der Waals surface area (Å²) in [7, 11) is 0. The van der Waals surface area contributed by atoms with Crippen LogP contribution in [0.25, 0.3) is 6.08 Å². The molecular weight excluding hydrogens is 556 g/mol. The third kappa shape index (κ3) is 10.8. The average Bonchev–Trinajstić information content (AvgIpc) is 2.93. The number of alkyl carbamates (subject to hydrolysis) is 1. The van der Waals surface area contributed by atoms with Crippen molar-refractivity contribution in [1.82, 2.24) is 10.2 Å². The lowest BCUT2D eigenvalue weighted by Crippen LogP contribution is -2.55. The highest BCUT2D eigenvalue weighted by Crippen LogP contribution is 2.31. The molecular formula is C35H50N4O5. The molecule has 3 atom stereocenters. The number of primary amides is 1. The minimum atomic E-state index is -1.17. The van der Waals surface area contributed by atoms with Gasteiger partial charge in [-0.25, -0.2) is 4.79 Å². The van der Waals surface area contributed by atoms with Crippen LogP contribution in [0, 0.1) is 19.8 Å². The zero-order valence-corrected chi connectivity index (χ0v) is 27.5. The van der Waals surface area contributed by atoms with Crippen molar-refractivity contribution in [2.45, 2.75) is 105 Å². The highest BCUT2D eigenvalue weighted by Gasteiger charge is 2.39. The van der Waals surface area contributed by atoms with E-state index in [1.807, 2.05) is 57.2 Å². The predicted octanol–water partition coefficient (Wildman–Crippen LogP) is 6.44. The second kappa shape index (κ2) is 16.1. The molecule has 4 amide bonds. The predicted molar refractivity (Wildman–Crippen MR) is 176 cm³/mol. The SMILES string of the molecule is C=Cc1cccc(C(C(=O)Nc2c(C)cccc2C)N(C(=O)C(CCC(N)=O)NC(=O)OC(C)(C)C)C(C)CCC(C)C)c1. The highest BCUT2D eigenvalue weighted by molar-refractivity contribution is 6.00. The summed E-state index contributed by atoms with van der Waals surface area (Å²) >= 11 is 0. The van der Waals surface area contributed by atoms with Gasteiger partial charge in [-0.3, -0.25) is 14.4 Å². The van der Waals surface area contributed by atoms with Gasteiger partial charge < -0.3 is 26.0 Å². The number of ether oxygens (including phenoxy) is 1. The first-order chi connectivity index (χ1) is 20.5. The Morgan fingerprint density at radius 1 is 0.977 bits per heavy atom. The van der Waals surface area contributed by atoms with Gasteiger partial charge in [-0.05, 0) is 95.0 Å². The molecule has 9 heteroatoms. The molecule has 0 aliphatic heterocycles. The molecule has 0 fully saturated rings. The summed E-state index contributed by atoms with van der Waals surface area (Å²) in [5.74, 6) is -1.18. The van der Waals surface area contributed by atoms with E-state index in [1.165, 1.54) is 4.90 Å². The van der Waals surface area contributed by atoms with Gasteiger partial charge in [0.25, 0.3) is 5.91 Å². The maximum Gasteiger partial charge on any atom is 0.408 e. The van der Waals surface area contributed by atoms with E-state index >= 15 is 0 Å². The summed E-state index contributed by atoms with van der Waals surface area (Å²) in [5.41, 5.74) is 8.44. The van der Waals surface area contributed by atoms with E-state index in [0.29, 0.717) is 23.6 Å². The Morgan fingerprint density at radius 3 is 2.14 bits per heavy atom. The van der Waals surface area contributed by atoms with Gasteiger partial charge in [0.05, 0.1) is 0 Å². The molecule has 0 saturated carbocycles. The van der Waals surface area contributed by atoms with Gasteiger partial charge in [0.15, 0.2) is 0 Å². The van der Waals surface area contributed by atoms with Crippen molar-refractivity contribution < 1.29 is 23.9 Å². The average molecular weight is 607 g/mol. The van der Waals surface area contributed by atoms with Crippen molar-refractivity contribution in [3.63, 3.8) is 0 Å². The number of rotatable bonds is 14. The van der Waals surface area contributed by atoms with E-state index in [-0.39, 0.29) is 12.8 Å². The summed E-state index contributed by atoms with van der Waals surface area (Å²) in [5, 5.41) is 5.74. The molecule has 0 aliphatic carbocycles. The summed E-state index contributed by atoms with van der Waals surface area (Å²) in [6, 6.07) is 10.4. The van der Waals surface area contributed by atoms with Crippen molar-refractivity contribution in [3.05, 3.63) is 71.3 Å². The Kier molecular flexibility index (Phi) is 13.2. The zero-order valence-electron chi connectivity index (χ0n) is 27.5. The largest absolute Gasteiger partial charge is 0.444 e. The molecule has 9 nitrogen and oxygen atoms in total. The third-order valence-electron chi connectivity index (χ3n) is 7.28. The second-order valence-electron chi connectivity index (χ2n) is 12.8. The fourth-order valence-corrected chi connectivity index (χ4v) is 4.98. The number of nitrogens with one attached hydrogen (secondary N) is 2. The van der Waals surface area contributed by atoms with E-state index < -0.39 is 47.5 Å². The monoisotopic (exact) mass is 606 g/mol.